The number of halogens is 4. The Balaban J connectivity index is 2.15. The van der Waals surface area contributed by atoms with Crippen molar-refractivity contribution < 1.29 is 30.8 Å². The van der Waals surface area contributed by atoms with E-state index in [-0.39, 0.29) is 16.8 Å². The molecule has 4 nitrogen and oxygen atoms in total. The molecule has 0 saturated carbocycles. The Kier molecular flexibility index (Phi) is 4.64. The van der Waals surface area contributed by atoms with E-state index in [0.717, 1.165) is 28.4 Å². The van der Waals surface area contributed by atoms with Crippen LogP contribution in [0.15, 0.2) is 65.7 Å². The van der Waals surface area contributed by atoms with Gasteiger partial charge in [0, 0.05) is 17.3 Å². The standard InChI is InChI=1S/C18H11F4NO3S/c19-15-3-1-2-13(9-15)17-8-12(11-24)10-23(17)27(25,26)16-6-4-14(5-7-16)18(20,21)22/h1-11H. The number of nitrogens with zero attached hydrogens (tertiary/aromatic N) is 1. The Morgan fingerprint density at radius 1 is 0.963 bits per heavy atom. The second kappa shape index (κ2) is 6.66. The molecule has 0 aliphatic carbocycles. The zero-order valence-electron chi connectivity index (χ0n) is 13.4. The van der Waals surface area contributed by atoms with Crippen LogP contribution >= 0.6 is 0 Å². The van der Waals surface area contributed by atoms with E-state index in [1.807, 2.05) is 0 Å². The first-order valence-electron chi connectivity index (χ1n) is 7.49. The second-order valence-corrected chi connectivity index (χ2v) is 7.42. The zero-order valence-corrected chi connectivity index (χ0v) is 14.3. The number of alkyl halides is 3. The molecule has 0 aliphatic heterocycles. The van der Waals surface area contributed by atoms with Gasteiger partial charge < -0.3 is 0 Å². The van der Waals surface area contributed by atoms with Gasteiger partial charge in [-0.2, -0.15) is 13.2 Å². The number of aromatic nitrogens is 1. The summed E-state index contributed by atoms with van der Waals surface area (Å²) in [4.78, 5) is 10.7. The number of hydrogen-bond donors (Lipinski definition) is 0. The van der Waals surface area contributed by atoms with E-state index in [4.69, 9.17) is 0 Å². The largest absolute Gasteiger partial charge is 0.416 e. The molecule has 0 unspecified atom stereocenters. The highest BCUT2D eigenvalue weighted by Gasteiger charge is 2.31. The van der Waals surface area contributed by atoms with Gasteiger partial charge in [-0.3, -0.25) is 4.79 Å². The summed E-state index contributed by atoms with van der Waals surface area (Å²) in [5, 5.41) is 0. The Morgan fingerprint density at radius 2 is 1.63 bits per heavy atom. The SMILES string of the molecule is O=Cc1cc(-c2cccc(F)c2)n(S(=O)(=O)c2ccc(C(F)(F)F)cc2)c1. The van der Waals surface area contributed by atoms with Crippen molar-refractivity contribution in [3.63, 3.8) is 0 Å². The summed E-state index contributed by atoms with van der Waals surface area (Å²) >= 11 is 0. The van der Waals surface area contributed by atoms with Gasteiger partial charge in [0.25, 0.3) is 10.0 Å². The van der Waals surface area contributed by atoms with Crippen LogP contribution in [0.25, 0.3) is 11.3 Å². The van der Waals surface area contributed by atoms with Crippen LogP contribution in [0.4, 0.5) is 17.6 Å². The molecule has 0 fully saturated rings. The van der Waals surface area contributed by atoms with E-state index in [1.54, 1.807) is 0 Å². The van der Waals surface area contributed by atoms with Gasteiger partial charge in [0.1, 0.15) is 5.82 Å². The molecular formula is C18H11F4NO3S. The van der Waals surface area contributed by atoms with Crippen LogP contribution in [-0.4, -0.2) is 18.7 Å². The molecule has 0 amide bonds. The Morgan fingerprint density at radius 3 is 2.19 bits per heavy atom. The van der Waals surface area contributed by atoms with Gasteiger partial charge in [0.05, 0.1) is 16.2 Å². The van der Waals surface area contributed by atoms with E-state index >= 15 is 0 Å². The topological polar surface area (TPSA) is 56.1 Å². The number of benzene rings is 2. The minimum Gasteiger partial charge on any atom is -0.298 e. The molecular weight excluding hydrogens is 386 g/mol. The number of hydrogen-bond acceptors (Lipinski definition) is 3. The summed E-state index contributed by atoms with van der Waals surface area (Å²) in [5.41, 5.74) is -0.771. The molecule has 3 aromatic rings. The first-order chi connectivity index (χ1) is 12.6. The maximum Gasteiger partial charge on any atom is 0.416 e. The van der Waals surface area contributed by atoms with Crippen LogP contribution in [0, 0.1) is 5.82 Å². The predicted molar refractivity (Wildman–Crippen MR) is 89.2 cm³/mol. The Labute approximate surface area is 151 Å². The summed E-state index contributed by atoms with van der Waals surface area (Å²) in [6, 6.07) is 9.28. The summed E-state index contributed by atoms with van der Waals surface area (Å²) in [7, 11) is -4.31. The number of aldehydes is 1. The number of rotatable bonds is 4. The predicted octanol–water partition coefficient (Wildman–Crippen LogP) is 4.36. The van der Waals surface area contributed by atoms with E-state index in [9.17, 15) is 30.8 Å². The molecule has 2 aromatic carbocycles. The lowest BCUT2D eigenvalue weighted by Crippen LogP contribution is -2.14. The monoisotopic (exact) mass is 397 g/mol. The van der Waals surface area contributed by atoms with Gasteiger partial charge in [0.2, 0.25) is 0 Å². The van der Waals surface area contributed by atoms with Crippen LogP contribution in [-0.2, 0) is 16.2 Å². The van der Waals surface area contributed by atoms with Gasteiger partial charge in [-0.1, -0.05) is 12.1 Å². The fourth-order valence-electron chi connectivity index (χ4n) is 2.51. The average Bonchev–Trinajstić information content (AvgIpc) is 3.06. The van der Waals surface area contributed by atoms with Gasteiger partial charge in [-0.05, 0) is 42.5 Å². The molecule has 3 rings (SSSR count). The van der Waals surface area contributed by atoms with Crippen molar-refractivity contribution in [1.82, 2.24) is 3.97 Å². The van der Waals surface area contributed by atoms with Crippen LogP contribution in [0.3, 0.4) is 0 Å². The smallest absolute Gasteiger partial charge is 0.298 e. The maximum absolute atomic E-state index is 13.5. The first-order valence-corrected chi connectivity index (χ1v) is 8.93. The molecule has 0 radical (unpaired) electrons. The van der Waals surface area contributed by atoms with Crippen molar-refractivity contribution >= 4 is 16.3 Å². The molecule has 0 N–H and O–H groups in total. The van der Waals surface area contributed by atoms with Crippen LogP contribution in [0.5, 0.6) is 0 Å². The van der Waals surface area contributed by atoms with Gasteiger partial charge in [-0.15, -0.1) is 0 Å². The number of carbonyl (C=O) groups is 1. The molecule has 1 heterocycles. The maximum atomic E-state index is 13.5. The van der Waals surface area contributed by atoms with Crippen molar-refractivity contribution in [1.29, 1.82) is 0 Å². The minimum atomic E-state index is -4.60. The zero-order chi connectivity index (χ0) is 19.8. The first kappa shape index (κ1) is 18.8. The fourth-order valence-corrected chi connectivity index (χ4v) is 3.90. The van der Waals surface area contributed by atoms with E-state index in [0.29, 0.717) is 18.4 Å². The molecule has 0 bridgehead atoms. The second-order valence-electron chi connectivity index (χ2n) is 5.61. The van der Waals surface area contributed by atoms with Crippen LogP contribution in [0.2, 0.25) is 0 Å². The third-order valence-electron chi connectivity index (χ3n) is 3.80. The molecule has 0 spiro atoms. The Bertz CT molecular complexity index is 1100. The quantitative estimate of drug-likeness (QED) is 0.486. The summed E-state index contributed by atoms with van der Waals surface area (Å²) in [5.74, 6) is -0.611. The molecule has 9 heteroatoms. The minimum absolute atomic E-state index is 0.0106. The van der Waals surface area contributed by atoms with Crippen molar-refractivity contribution in [2.75, 3.05) is 0 Å². The van der Waals surface area contributed by atoms with Crippen molar-refractivity contribution in [3.05, 3.63) is 77.7 Å². The average molecular weight is 397 g/mol. The highest BCUT2D eigenvalue weighted by molar-refractivity contribution is 7.90. The van der Waals surface area contributed by atoms with Crippen molar-refractivity contribution in [2.24, 2.45) is 0 Å². The highest BCUT2D eigenvalue weighted by Crippen LogP contribution is 2.31. The summed E-state index contributed by atoms with van der Waals surface area (Å²) in [6.45, 7) is 0. The van der Waals surface area contributed by atoms with Gasteiger partial charge in [-0.25, -0.2) is 16.8 Å². The van der Waals surface area contributed by atoms with Crippen molar-refractivity contribution in [3.8, 4) is 11.3 Å². The van der Waals surface area contributed by atoms with E-state index in [1.165, 1.54) is 24.3 Å². The van der Waals surface area contributed by atoms with Crippen LogP contribution in [0.1, 0.15) is 15.9 Å². The Hall–Kier alpha value is -2.94. The van der Waals surface area contributed by atoms with Gasteiger partial charge in [0.15, 0.2) is 6.29 Å². The molecule has 140 valence electrons. The van der Waals surface area contributed by atoms with E-state index < -0.39 is 32.5 Å². The van der Waals surface area contributed by atoms with Crippen LogP contribution < -0.4 is 0 Å². The van der Waals surface area contributed by atoms with E-state index in [2.05, 4.69) is 0 Å². The lowest BCUT2D eigenvalue weighted by atomic mass is 10.1. The lowest BCUT2D eigenvalue weighted by molar-refractivity contribution is -0.137. The number of carbonyl (C=O) groups excluding carboxylic acids is 1. The third-order valence-corrected chi connectivity index (χ3v) is 5.49. The van der Waals surface area contributed by atoms with Gasteiger partial charge >= 0.3 is 6.18 Å². The molecule has 0 atom stereocenters. The molecule has 0 aliphatic rings. The highest BCUT2D eigenvalue weighted by atomic mass is 32.2. The molecule has 27 heavy (non-hydrogen) atoms. The lowest BCUT2D eigenvalue weighted by Gasteiger charge is -2.12. The molecule has 1 aromatic heterocycles. The fraction of sp³-hybridized carbons (Fsp3) is 0.0556. The normalized spacial score (nSPS) is 12.1. The third kappa shape index (κ3) is 3.63. The summed E-state index contributed by atoms with van der Waals surface area (Å²) < 4.78 is 78.1. The molecule has 0 saturated heterocycles. The summed E-state index contributed by atoms with van der Waals surface area (Å²) in [6.07, 6.45) is -3.16. The van der Waals surface area contributed by atoms with Crippen molar-refractivity contribution in [2.45, 2.75) is 11.1 Å².